The third-order valence-electron chi connectivity index (χ3n) is 3.68. The molecule has 0 unspecified atom stereocenters. The van der Waals surface area contributed by atoms with Crippen molar-refractivity contribution in [1.29, 1.82) is 0 Å². The molecule has 7 heteroatoms. The van der Waals surface area contributed by atoms with Crippen molar-refractivity contribution in [2.75, 3.05) is 0 Å². The van der Waals surface area contributed by atoms with Gasteiger partial charge in [-0.15, -0.1) is 0 Å². The summed E-state index contributed by atoms with van der Waals surface area (Å²) in [4.78, 5) is 8.77. The predicted molar refractivity (Wildman–Crippen MR) is 98.5 cm³/mol. The van der Waals surface area contributed by atoms with Gasteiger partial charge < -0.3 is 4.74 Å². The van der Waals surface area contributed by atoms with Crippen molar-refractivity contribution in [1.82, 2.24) is 9.97 Å². The lowest BCUT2D eigenvalue weighted by atomic mass is 10.1. The number of hydrogen-bond acceptors (Lipinski definition) is 4. The van der Waals surface area contributed by atoms with Gasteiger partial charge >= 0.3 is 0 Å². The second kappa shape index (κ2) is 8.43. The van der Waals surface area contributed by atoms with Crippen molar-refractivity contribution in [3.8, 4) is 11.6 Å². The molecule has 1 heterocycles. The second-order valence-corrected chi connectivity index (χ2v) is 7.09. The van der Waals surface area contributed by atoms with Gasteiger partial charge in [0.2, 0.25) is 5.88 Å². The lowest BCUT2D eigenvalue weighted by molar-refractivity contribution is 0.448. The molecule has 1 aromatic heterocycles. The number of benzene rings is 2. The highest BCUT2D eigenvalue weighted by molar-refractivity contribution is 7.98. The van der Waals surface area contributed by atoms with Crippen LogP contribution in [0.1, 0.15) is 31.0 Å². The van der Waals surface area contributed by atoms with Crippen LogP contribution in [0.4, 0.5) is 13.2 Å². The highest BCUT2D eigenvalue weighted by Gasteiger charge is 2.12. The van der Waals surface area contributed by atoms with Gasteiger partial charge in [-0.3, -0.25) is 0 Å². The van der Waals surface area contributed by atoms with Crippen LogP contribution in [0.25, 0.3) is 0 Å². The van der Waals surface area contributed by atoms with E-state index < -0.39 is 17.5 Å². The summed E-state index contributed by atoms with van der Waals surface area (Å²) in [7, 11) is 0. The molecule has 0 bridgehead atoms. The molecule has 0 spiro atoms. The highest BCUT2D eigenvalue weighted by atomic mass is 32.2. The molecule has 3 aromatic rings. The van der Waals surface area contributed by atoms with Crippen LogP contribution in [-0.4, -0.2) is 9.97 Å². The zero-order valence-corrected chi connectivity index (χ0v) is 15.6. The van der Waals surface area contributed by atoms with E-state index in [2.05, 4.69) is 9.97 Å². The minimum atomic E-state index is -0.620. The molecule has 0 N–H and O–H groups in total. The smallest absolute Gasteiger partial charge is 0.223 e. The lowest BCUT2D eigenvalue weighted by Gasteiger charge is -2.11. The number of halogens is 3. The van der Waals surface area contributed by atoms with E-state index in [9.17, 15) is 13.2 Å². The molecule has 0 saturated carbocycles. The molecule has 0 aliphatic carbocycles. The fourth-order valence-corrected chi connectivity index (χ4v) is 3.11. The van der Waals surface area contributed by atoms with Crippen molar-refractivity contribution in [2.45, 2.75) is 30.7 Å². The van der Waals surface area contributed by atoms with Crippen LogP contribution < -0.4 is 4.74 Å². The van der Waals surface area contributed by atoms with E-state index in [1.54, 1.807) is 18.2 Å². The summed E-state index contributed by atoms with van der Waals surface area (Å²) in [6, 6.07) is 10.9. The first-order valence-corrected chi connectivity index (χ1v) is 9.28. The Labute approximate surface area is 159 Å². The SMILES string of the molecule is CC(C)c1cc(Oc2cccc(F)c2)nc(SCc2ccc(F)cc2F)n1. The van der Waals surface area contributed by atoms with E-state index in [-0.39, 0.29) is 17.6 Å². The normalized spacial score (nSPS) is 11.0. The topological polar surface area (TPSA) is 35.0 Å². The molecule has 0 saturated heterocycles. The average Bonchev–Trinajstić information content (AvgIpc) is 2.61. The maximum absolute atomic E-state index is 13.8. The van der Waals surface area contributed by atoms with E-state index >= 15 is 0 Å². The minimum absolute atomic E-state index is 0.116. The molecule has 3 rings (SSSR count). The third kappa shape index (κ3) is 5.23. The quantitative estimate of drug-likeness (QED) is 0.376. The van der Waals surface area contributed by atoms with Crippen LogP contribution in [0.15, 0.2) is 53.7 Å². The molecule has 2 aromatic carbocycles. The molecule has 0 radical (unpaired) electrons. The number of ether oxygens (including phenoxy) is 1. The molecule has 3 nitrogen and oxygen atoms in total. The molecular weight excluding hydrogens is 373 g/mol. The fraction of sp³-hybridized carbons (Fsp3) is 0.200. The Kier molecular flexibility index (Phi) is 6.01. The van der Waals surface area contributed by atoms with Crippen molar-refractivity contribution >= 4 is 11.8 Å². The number of rotatable bonds is 6. The maximum Gasteiger partial charge on any atom is 0.223 e. The Morgan fingerprint density at radius 3 is 2.44 bits per heavy atom. The molecule has 0 atom stereocenters. The summed E-state index contributed by atoms with van der Waals surface area (Å²) in [6.45, 7) is 3.95. The Bertz CT molecular complexity index is 950. The second-order valence-electron chi connectivity index (χ2n) is 6.15. The van der Waals surface area contributed by atoms with Crippen LogP contribution in [0.3, 0.4) is 0 Å². The molecule has 27 heavy (non-hydrogen) atoms. The van der Waals surface area contributed by atoms with Gasteiger partial charge in [0.15, 0.2) is 5.16 Å². The summed E-state index contributed by atoms with van der Waals surface area (Å²) in [6.07, 6.45) is 0. The summed E-state index contributed by atoms with van der Waals surface area (Å²) in [5.41, 5.74) is 1.10. The van der Waals surface area contributed by atoms with Gasteiger partial charge in [-0.05, 0) is 29.7 Å². The predicted octanol–water partition coefficient (Wildman–Crippen LogP) is 6.10. The number of thioether (sulfide) groups is 1. The first-order valence-electron chi connectivity index (χ1n) is 8.30. The molecule has 0 aliphatic heterocycles. The van der Waals surface area contributed by atoms with Gasteiger partial charge in [0.05, 0.1) is 5.69 Å². The fourth-order valence-electron chi connectivity index (χ4n) is 2.27. The largest absolute Gasteiger partial charge is 0.439 e. The van der Waals surface area contributed by atoms with Gasteiger partial charge in [-0.1, -0.05) is 37.7 Å². The van der Waals surface area contributed by atoms with Crippen molar-refractivity contribution in [3.63, 3.8) is 0 Å². The standard InChI is InChI=1S/C20H17F3N2OS/c1-12(2)18-10-19(26-16-5-3-4-14(21)8-16)25-20(24-18)27-11-13-6-7-15(22)9-17(13)23/h3-10,12H,11H2,1-2H3. The lowest BCUT2D eigenvalue weighted by Crippen LogP contribution is -2.00. The number of aromatic nitrogens is 2. The van der Waals surface area contributed by atoms with Crippen LogP contribution >= 0.6 is 11.8 Å². The molecule has 0 aliphatic rings. The summed E-state index contributed by atoms with van der Waals surface area (Å²) >= 11 is 1.21. The molecular formula is C20H17F3N2OS. The Balaban J connectivity index is 1.82. The van der Waals surface area contributed by atoms with Crippen LogP contribution in [0.2, 0.25) is 0 Å². The van der Waals surface area contributed by atoms with Gasteiger partial charge in [-0.2, -0.15) is 4.98 Å². The van der Waals surface area contributed by atoms with Gasteiger partial charge in [-0.25, -0.2) is 18.2 Å². The monoisotopic (exact) mass is 390 g/mol. The Hall–Kier alpha value is -2.54. The maximum atomic E-state index is 13.8. The Morgan fingerprint density at radius 2 is 1.74 bits per heavy atom. The van der Waals surface area contributed by atoms with Crippen molar-refractivity contribution in [3.05, 3.63) is 77.2 Å². The van der Waals surface area contributed by atoms with E-state index in [4.69, 9.17) is 4.74 Å². The van der Waals surface area contributed by atoms with Gasteiger partial charge in [0.25, 0.3) is 0 Å². The first kappa shape index (κ1) is 19.2. The average molecular weight is 390 g/mol. The highest BCUT2D eigenvalue weighted by Crippen LogP contribution is 2.28. The third-order valence-corrected chi connectivity index (χ3v) is 4.58. The van der Waals surface area contributed by atoms with Crippen molar-refractivity contribution in [2.24, 2.45) is 0 Å². The van der Waals surface area contributed by atoms with E-state index in [1.807, 2.05) is 13.8 Å². The summed E-state index contributed by atoms with van der Waals surface area (Å²) in [5, 5.41) is 0.399. The van der Waals surface area contributed by atoms with Crippen LogP contribution in [0, 0.1) is 17.5 Å². The van der Waals surface area contributed by atoms with Gasteiger partial charge in [0, 0.05) is 24.0 Å². The zero-order chi connectivity index (χ0) is 19.4. The van der Waals surface area contributed by atoms with Crippen LogP contribution in [0.5, 0.6) is 11.6 Å². The van der Waals surface area contributed by atoms with Gasteiger partial charge in [0.1, 0.15) is 23.2 Å². The molecule has 0 amide bonds. The van der Waals surface area contributed by atoms with E-state index in [1.165, 1.54) is 36.0 Å². The molecule has 0 fully saturated rings. The zero-order valence-electron chi connectivity index (χ0n) is 14.7. The van der Waals surface area contributed by atoms with E-state index in [0.717, 1.165) is 11.8 Å². The first-order chi connectivity index (χ1) is 12.9. The number of nitrogens with zero attached hydrogens (tertiary/aromatic N) is 2. The van der Waals surface area contributed by atoms with Crippen molar-refractivity contribution < 1.29 is 17.9 Å². The van der Waals surface area contributed by atoms with Crippen LogP contribution in [-0.2, 0) is 5.75 Å². The molecule has 140 valence electrons. The Morgan fingerprint density at radius 1 is 0.963 bits per heavy atom. The summed E-state index contributed by atoms with van der Waals surface area (Å²) < 4.78 is 45.8. The summed E-state index contributed by atoms with van der Waals surface area (Å²) in [5.74, 6) is -0.682. The minimum Gasteiger partial charge on any atom is -0.439 e. The number of hydrogen-bond donors (Lipinski definition) is 0. The van der Waals surface area contributed by atoms with E-state index in [0.29, 0.717) is 16.5 Å².